The van der Waals surface area contributed by atoms with E-state index in [1.807, 2.05) is 45.0 Å². The predicted octanol–water partition coefficient (Wildman–Crippen LogP) is 2.20. The molecule has 3 nitrogen and oxygen atoms in total. The normalized spacial score (nSPS) is 7.20. The van der Waals surface area contributed by atoms with Gasteiger partial charge in [0.2, 0.25) is 6.41 Å². The van der Waals surface area contributed by atoms with Crippen LogP contribution in [0.2, 0.25) is 0 Å². The average Bonchev–Trinajstić information content (AvgIpc) is 2.33. The molecule has 0 aliphatic heterocycles. The van der Waals surface area contributed by atoms with Crippen molar-refractivity contribution in [3.05, 3.63) is 35.4 Å². The molecule has 0 unspecified atom stereocenters. The summed E-state index contributed by atoms with van der Waals surface area (Å²) in [6.07, 6.45) is 1.50. The number of hydrogen-bond donors (Lipinski definition) is 1. The number of aryl methyl sites for hydroxylation is 1. The molecule has 0 fully saturated rings. The minimum atomic E-state index is 0.625. The molecule has 0 saturated carbocycles. The molecule has 0 radical (unpaired) electrons. The summed E-state index contributed by atoms with van der Waals surface area (Å²) in [5, 5.41) is 2.25. The molecule has 0 bridgehead atoms. The van der Waals surface area contributed by atoms with E-state index in [4.69, 9.17) is 4.79 Å². The predicted molar refractivity (Wildman–Crippen MR) is 63.0 cm³/mol. The van der Waals surface area contributed by atoms with Gasteiger partial charge in [-0.15, -0.1) is 0 Å². The molecular weight excluding hydrogens is 190 g/mol. The standard InChI is InChI=1S/C8H8O.C2H5NO.C2H6/c1-7-4-2-3-5-8(7)6-9;1-3-2-4;1-2/h2-6H,1H3;2H,1H3,(H,3,4);1-2H3. The van der Waals surface area contributed by atoms with E-state index in [1.165, 1.54) is 0 Å². The molecule has 0 atom stereocenters. The highest BCUT2D eigenvalue weighted by Crippen LogP contribution is 2.02. The Labute approximate surface area is 91.5 Å². The maximum absolute atomic E-state index is 10.2. The summed E-state index contributed by atoms with van der Waals surface area (Å²) in [7, 11) is 1.56. The van der Waals surface area contributed by atoms with E-state index in [0.717, 1.165) is 17.4 Å². The molecule has 3 heteroatoms. The number of carbonyl (C=O) groups is 2. The summed E-state index contributed by atoms with van der Waals surface area (Å²) in [5.74, 6) is 0. The van der Waals surface area contributed by atoms with Gasteiger partial charge in [-0.05, 0) is 12.5 Å². The third-order valence-corrected chi connectivity index (χ3v) is 1.43. The Morgan fingerprint density at radius 1 is 1.13 bits per heavy atom. The number of hydrogen-bond acceptors (Lipinski definition) is 2. The molecule has 0 saturated heterocycles. The summed E-state index contributed by atoms with van der Waals surface area (Å²) in [5.41, 5.74) is 1.81. The second-order valence-electron chi connectivity index (χ2n) is 2.38. The maximum Gasteiger partial charge on any atom is 0.206 e. The maximum atomic E-state index is 10.2. The van der Waals surface area contributed by atoms with Crippen molar-refractivity contribution in [1.82, 2.24) is 5.32 Å². The molecule has 84 valence electrons. The van der Waals surface area contributed by atoms with Gasteiger partial charge in [0, 0.05) is 12.6 Å². The summed E-state index contributed by atoms with van der Waals surface area (Å²) in [6, 6.07) is 7.51. The molecule has 0 aromatic heterocycles. The fourth-order valence-corrected chi connectivity index (χ4v) is 0.719. The van der Waals surface area contributed by atoms with Gasteiger partial charge in [0.15, 0.2) is 0 Å². The Kier molecular flexibility index (Phi) is 13.0. The molecule has 1 aromatic rings. The van der Waals surface area contributed by atoms with Gasteiger partial charge >= 0.3 is 0 Å². The number of carbonyl (C=O) groups excluding carboxylic acids is 2. The highest BCUT2D eigenvalue weighted by Gasteiger charge is 1.90. The quantitative estimate of drug-likeness (QED) is 0.759. The van der Waals surface area contributed by atoms with Crippen LogP contribution in [0.25, 0.3) is 0 Å². The van der Waals surface area contributed by atoms with Crippen LogP contribution in [0.1, 0.15) is 29.8 Å². The third-order valence-electron chi connectivity index (χ3n) is 1.43. The van der Waals surface area contributed by atoms with Crippen molar-refractivity contribution >= 4 is 12.7 Å². The first-order chi connectivity index (χ1) is 7.26. The van der Waals surface area contributed by atoms with Crippen molar-refractivity contribution in [2.24, 2.45) is 0 Å². The van der Waals surface area contributed by atoms with Crippen molar-refractivity contribution in [2.75, 3.05) is 7.05 Å². The van der Waals surface area contributed by atoms with Gasteiger partial charge in [0.25, 0.3) is 0 Å². The summed E-state index contributed by atoms with van der Waals surface area (Å²) < 4.78 is 0. The van der Waals surface area contributed by atoms with E-state index in [0.29, 0.717) is 6.41 Å². The van der Waals surface area contributed by atoms with E-state index in [-0.39, 0.29) is 0 Å². The zero-order valence-corrected chi connectivity index (χ0v) is 9.78. The van der Waals surface area contributed by atoms with Gasteiger partial charge in [-0.1, -0.05) is 38.1 Å². The lowest BCUT2D eigenvalue weighted by molar-refractivity contribution is -0.109. The van der Waals surface area contributed by atoms with Crippen molar-refractivity contribution in [3.63, 3.8) is 0 Å². The SMILES string of the molecule is CC.CNC=O.Cc1ccccc1C=O. The molecule has 0 heterocycles. The highest BCUT2D eigenvalue weighted by molar-refractivity contribution is 5.76. The first-order valence-electron chi connectivity index (χ1n) is 4.88. The molecule has 1 rings (SSSR count). The Bertz CT molecular complexity index is 272. The Morgan fingerprint density at radius 2 is 1.60 bits per heavy atom. The van der Waals surface area contributed by atoms with Gasteiger partial charge in [-0.3, -0.25) is 9.59 Å². The number of nitrogens with one attached hydrogen (secondary N) is 1. The van der Waals surface area contributed by atoms with Crippen molar-refractivity contribution in [1.29, 1.82) is 0 Å². The minimum Gasteiger partial charge on any atom is -0.362 e. The van der Waals surface area contributed by atoms with Crippen molar-refractivity contribution in [3.8, 4) is 0 Å². The Balaban J connectivity index is 0. The van der Waals surface area contributed by atoms with Crippen LogP contribution in [0.15, 0.2) is 24.3 Å². The third kappa shape index (κ3) is 8.68. The summed E-state index contributed by atoms with van der Waals surface area (Å²) in [4.78, 5) is 19.3. The molecule has 1 amide bonds. The smallest absolute Gasteiger partial charge is 0.206 e. The lowest BCUT2D eigenvalue weighted by Crippen LogP contribution is -1.98. The van der Waals surface area contributed by atoms with Crippen LogP contribution < -0.4 is 5.32 Å². The molecule has 1 N–H and O–H groups in total. The molecule has 15 heavy (non-hydrogen) atoms. The van der Waals surface area contributed by atoms with Gasteiger partial charge < -0.3 is 5.32 Å². The highest BCUT2D eigenvalue weighted by atomic mass is 16.1. The van der Waals surface area contributed by atoms with E-state index in [9.17, 15) is 4.79 Å². The first kappa shape index (κ1) is 15.8. The lowest BCUT2D eigenvalue weighted by atomic mass is 10.1. The van der Waals surface area contributed by atoms with Crippen LogP contribution in [-0.4, -0.2) is 19.7 Å². The van der Waals surface area contributed by atoms with E-state index < -0.39 is 0 Å². The topological polar surface area (TPSA) is 46.2 Å². The molecule has 0 spiro atoms. The van der Waals surface area contributed by atoms with E-state index in [1.54, 1.807) is 7.05 Å². The van der Waals surface area contributed by atoms with E-state index in [2.05, 4.69) is 5.32 Å². The number of rotatable bonds is 2. The van der Waals surface area contributed by atoms with Crippen LogP contribution in [0.4, 0.5) is 0 Å². The molecule has 0 aliphatic carbocycles. The number of amides is 1. The van der Waals surface area contributed by atoms with Crippen molar-refractivity contribution < 1.29 is 9.59 Å². The number of aldehydes is 1. The van der Waals surface area contributed by atoms with Gasteiger partial charge in [-0.25, -0.2) is 0 Å². The van der Waals surface area contributed by atoms with Crippen LogP contribution in [0.5, 0.6) is 0 Å². The van der Waals surface area contributed by atoms with Crippen LogP contribution >= 0.6 is 0 Å². The van der Waals surface area contributed by atoms with Crippen LogP contribution in [0, 0.1) is 6.92 Å². The van der Waals surface area contributed by atoms with Crippen molar-refractivity contribution in [2.45, 2.75) is 20.8 Å². The van der Waals surface area contributed by atoms with Crippen LogP contribution in [0.3, 0.4) is 0 Å². The fourth-order valence-electron chi connectivity index (χ4n) is 0.719. The second-order valence-corrected chi connectivity index (χ2v) is 2.38. The van der Waals surface area contributed by atoms with Gasteiger partial charge in [-0.2, -0.15) is 0 Å². The number of benzene rings is 1. The summed E-state index contributed by atoms with van der Waals surface area (Å²) in [6.45, 7) is 5.92. The zero-order valence-electron chi connectivity index (χ0n) is 9.78. The first-order valence-corrected chi connectivity index (χ1v) is 4.88. The Hall–Kier alpha value is -1.64. The van der Waals surface area contributed by atoms with E-state index >= 15 is 0 Å². The molecule has 1 aromatic carbocycles. The second kappa shape index (κ2) is 12.4. The average molecular weight is 209 g/mol. The minimum absolute atomic E-state index is 0.625. The molecule has 0 aliphatic rings. The monoisotopic (exact) mass is 209 g/mol. The van der Waals surface area contributed by atoms with Gasteiger partial charge in [0.1, 0.15) is 6.29 Å². The lowest BCUT2D eigenvalue weighted by Gasteiger charge is -1.92. The molecular formula is C12H19NO2. The fraction of sp³-hybridized carbons (Fsp3) is 0.333. The zero-order chi connectivity index (χ0) is 12.1. The Morgan fingerprint density at radius 3 is 1.87 bits per heavy atom. The van der Waals surface area contributed by atoms with Gasteiger partial charge in [0.05, 0.1) is 0 Å². The largest absolute Gasteiger partial charge is 0.362 e. The van der Waals surface area contributed by atoms with Crippen LogP contribution in [-0.2, 0) is 4.79 Å². The summed E-state index contributed by atoms with van der Waals surface area (Å²) >= 11 is 0.